The fourth-order valence-electron chi connectivity index (χ4n) is 4.36. The van der Waals surface area contributed by atoms with Crippen molar-refractivity contribution in [3.05, 3.63) is 36.3 Å². The van der Waals surface area contributed by atoms with Crippen LogP contribution in [-0.2, 0) is 9.73 Å². The summed E-state index contributed by atoms with van der Waals surface area (Å²) in [7, 11) is -2.94. The van der Waals surface area contributed by atoms with Crippen molar-refractivity contribution in [2.24, 2.45) is 0 Å². The standard InChI is InChI=1S/C22H27F3N6O2S/c1-13(10-22(23,24)25)29-21-28-12-19-17(15-5-8-20(27-11-15)34(2,26)33)9-18(31(19)30-21)14-3-6-16(32)7-4-14/h5,8-9,11-14,16,26,32H,3-4,6-7,10H2,1-2H3,(H,29,30)/t13-,14-,16-,34-/m0/s1. The summed E-state index contributed by atoms with van der Waals surface area (Å²) >= 11 is 0. The van der Waals surface area contributed by atoms with Gasteiger partial charge in [-0.25, -0.2) is 23.5 Å². The predicted octanol–water partition coefficient (Wildman–Crippen LogP) is 4.60. The molecule has 1 fully saturated rings. The van der Waals surface area contributed by atoms with E-state index in [1.54, 1.807) is 29.0 Å². The molecule has 3 heterocycles. The highest BCUT2D eigenvalue weighted by molar-refractivity contribution is 7.91. The van der Waals surface area contributed by atoms with Gasteiger partial charge in [-0.1, -0.05) is 0 Å². The second kappa shape index (κ2) is 9.14. The number of nitrogens with one attached hydrogen (secondary N) is 2. The number of anilines is 1. The number of alkyl halides is 3. The van der Waals surface area contributed by atoms with Gasteiger partial charge < -0.3 is 10.4 Å². The molecule has 3 aromatic rings. The van der Waals surface area contributed by atoms with E-state index in [4.69, 9.17) is 4.78 Å². The zero-order valence-electron chi connectivity index (χ0n) is 18.8. The van der Waals surface area contributed by atoms with Gasteiger partial charge in [0.2, 0.25) is 5.95 Å². The summed E-state index contributed by atoms with van der Waals surface area (Å²) in [4.78, 5) is 8.43. The molecule has 1 saturated carbocycles. The van der Waals surface area contributed by atoms with Gasteiger partial charge in [0, 0.05) is 41.2 Å². The fraction of sp³-hybridized carbons (Fsp3) is 0.500. The first-order valence-electron chi connectivity index (χ1n) is 11.0. The van der Waals surface area contributed by atoms with Crippen LogP contribution in [0, 0.1) is 4.78 Å². The minimum absolute atomic E-state index is 0.0943. The van der Waals surface area contributed by atoms with Gasteiger partial charge >= 0.3 is 6.18 Å². The molecule has 0 radical (unpaired) electrons. The topological polar surface area (TPSA) is 116 Å². The van der Waals surface area contributed by atoms with Crippen LogP contribution in [0.2, 0.25) is 0 Å². The van der Waals surface area contributed by atoms with Gasteiger partial charge in [-0.15, -0.1) is 5.10 Å². The summed E-state index contributed by atoms with van der Waals surface area (Å²) in [6.07, 6.45) is 1.63. The highest BCUT2D eigenvalue weighted by Gasteiger charge is 2.30. The number of aliphatic hydroxyl groups is 1. The van der Waals surface area contributed by atoms with E-state index in [0.717, 1.165) is 29.7 Å². The molecule has 0 aliphatic heterocycles. The van der Waals surface area contributed by atoms with Crippen LogP contribution in [0.25, 0.3) is 16.6 Å². The Morgan fingerprint density at radius 1 is 1.24 bits per heavy atom. The van der Waals surface area contributed by atoms with Gasteiger partial charge in [0.15, 0.2) is 0 Å². The number of nitrogens with zero attached hydrogens (tertiary/aromatic N) is 4. The largest absolute Gasteiger partial charge is 0.393 e. The first kappa shape index (κ1) is 24.4. The Labute approximate surface area is 195 Å². The molecule has 12 heteroatoms. The molecule has 0 saturated heterocycles. The number of rotatable bonds is 6. The molecule has 1 aliphatic carbocycles. The zero-order chi connectivity index (χ0) is 24.7. The van der Waals surface area contributed by atoms with E-state index in [0.29, 0.717) is 18.4 Å². The summed E-state index contributed by atoms with van der Waals surface area (Å²) < 4.78 is 59.6. The summed E-state index contributed by atoms with van der Waals surface area (Å²) in [6, 6.07) is 4.36. The number of aromatic nitrogens is 4. The number of hydrogen-bond acceptors (Lipinski definition) is 7. The predicted molar refractivity (Wildman–Crippen MR) is 122 cm³/mol. The van der Waals surface area contributed by atoms with Crippen LogP contribution in [0.15, 0.2) is 35.6 Å². The third-order valence-electron chi connectivity index (χ3n) is 6.02. The third kappa shape index (κ3) is 5.49. The van der Waals surface area contributed by atoms with E-state index >= 15 is 0 Å². The van der Waals surface area contributed by atoms with E-state index in [1.165, 1.54) is 13.2 Å². The van der Waals surface area contributed by atoms with E-state index in [9.17, 15) is 22.5 Å². The number of aliphatic hydroxyl groups excluding tert-OH is 1. The lowest BCUT2D eigenvalue weighted by atomic mass is 9.85. The molecule has 0 bridgehead atoms. The number of hydrogen-bond donors (Lipinski definition) is 3. The minimum Gasteiger partial charge on any atom is -0.393 e. The third-order valence-corrected chi connectivity index (χ3v) is 7.06. The van der Waals surface area contributed by atoms with E-state index in [2.05, 4.69) is 20.4 Å². The maximum atomic E-state index is 12.8. The van der Waals surface area contributed by atoms with Crippen molar-refractivity contribution in [1.29, 1.82) is 4.78 Å². The van der Waals surface area contributed by atoms with Crippen molar-refractivity contribution < 1.29 is 22.5 Å². The van der Waals surface area contributed by atoms with E-state index < -0.39 is 28.4 Å². The first-order valence-corrected chi connectivity index (χ1v) is 13.0. The Balaban J connectivity index is 1.74. The van der Waals surface area contributed by atoms with Gasteiger partial charge in [-0.05, 0) is 50.8 Å². The molecular formula is C22H27F3N6O2S. The molecule has 0 spiro atoms. The van der Waals surface area contributed by atoms with Crippen LogP contribution >= 0.6 is 0 Å². The Kier molecular flexibility index (Phi) is 6.56. The SMILES string of the molecule is C[C@@H](CC(F)(F)F)Nc1ncc2c(-c3ccc([S@@](C)(=N)=O)nc3)cc([C@H]3CC[C@H](O)CC3)n2n1. The van der Waals surface area contributed by atoms with Crippen molar-refractivity contribution >= 4 is 21.2 Å². The maximum Gasteiger partial charge on any atom is 0.391 e. The van der Waals surface area contributed by atoms with Gasteiger partial charge in [0.25, 0.3) is 0 Å². The lowest BCUT2D eigenvalue weighted by molar-refractivity contribution is -0.136. The van der Waals surface area contributed by atoms with Crippen molar-refractivity contribution in [1.82, 2.24) is 19.6 Å². The summed E-state index contributed by atoms with van der Waals surface area (Å²) in [5, 5.41) is 17.3. The molecule has 184 valence electrons. The monoisotopic (exact) mass is 496 g/mol. The normalized spacial score (nSPS) is 21.8. The lowest BCUT2D eigenvalue weighted by Gasteiger charge is -2.25. The lowest BCUT2D eigenvalue weighted by Crippen LogP contribution is -2.25. The quantitative estimate of drug-likeness (QED) is 0.459. The van der Waals surface area contributed by atoms with E-state index in [1.807, 2.05) is 6.07 Å². The Hall–Kier alpha value is -2.73. The molecule has 34 heavy (non-hydrogen) atoms. The zero-order valence-corrected chi connectivity index (χ0v) is 19.7. The van der Waals surface area contributed by atoms with Gasteiger partial charge in [-0.3, -0.25) is 0 Å². The molecular weight excluding hydrogens is 469 g/mol. The molecule has 0 amide bonds. The molecule has 4 rings (SSSR count). The van der Waals surface area contributed by atoms with E-state index in [-0.39, 0.29) is 23.0 Å². The summed E-state index contributed by atoms with van der Waals surface area (Å²) in [5.41, 5.74) is 3.05. The fourth-order valence-corrected chi connectivity index (χ4v) is 4.94. The summed E-state index contributed by atoms with van der Waals surface area (Å²) in [6.45, 7) is 1.43. The Morgan fingerprint density at radius 3 is 2.53 bits per heavy atom. The molecule has 0 unspecified atom stereocenters. The van der Waals surface area contributed by atoms with Crippen LogP contribution < -0.4 is 5.32 Å². The second-order valence-electron chi connectivity index (χ2n) is 8.96. The van der Waals surface area contributed by atoms with Crippen LogP contribution in [0.3, 0.4) is 0 Å². The Morgan fingerprint density at radius 2 is 1.94 bits per heavy atom. The molecule has 0 aromatic carbocycles. The average molecular weight is 497 g/mol. The van der Waals surface area contributed by atoms with Gasteiger partial charge in [0.05, 0.1) is 34.0 Å². The Bertz CT molecular complexity index is 1270. The van der Waals surface area contributed by atoms with Crippen LogP contribution in [-0.4, -0.2) is 53.5 Å². The van der Waals surface area contributed by atoms with Crippen molar-refractivity contribution in [2.45, 2.75) is 68.3 Å². The molecule has 2 atom stereocenters. The molecule has 1 aliphatic rings. The highest BCUT2D eigenvalue weighted by Crippen LogP contribution is 2.37. The van der Waals surface area contributed by atoms with Crippen LogP contribution in [0.4, 0.5) is 19.1 Å². The molecule has 3 aromatic heterocycles. The smallest absolute Gasteiger partial charge is 0.391 e. The second-order valence-corrected chi connectivity index (χ2v) is 11.1. The van der Waals surface area contributed by atoms with Crippen molar-refractivity contribution in [3.63, 3.8) is 0 Å². The number of halogens is 3. The highest BCUT2D eigenvalue weighted by atomic mass is 32.2. The van der Waals surface area contributed by atoms with Crippen LogP contribution in [0.5, 0.6) is 0 Å². The number of fused-ring (bicyclic) bond motifs is 1. The van der Waals surface area contributed by atoms with Crippen molar-refractivity contribution in [3.8, 4) is 11.1 Å². The minimum atomic E-state index is -4.30. The van der Waals surface area contributed by atoms with Crippen molar-refractivity contribution in [2.75, 3.05) is 11.6 Å². The van der Waals surface area contributed by atoms with Gasteiger partial charge in [0.1, 0.15) is 5.03 Å². The number of pyridine rings is 1. The van der Waals surface area contributed by atoms with Crippen LogP contribution in [0.1, 0.15) is 50.6 Å². The van der Waals surface area contributed by atoms with Gasteiger partial charge in [-0.2, -0.15) is 13.2 Å². The molecule has 3 N–H and O–H groups in total. The first-order chi connectivity index (χ1) is 15.9. The average Bonchev–Trinajstić information content (AvgIpc) is 3.11. The summed E-state index contributed by atoms with van der Waals surface area (Å²) in [5.74, 6) is 0.215. The molecule has 8 nitrogen and oxygen atoms in total. The maximum absolute atomic E-state index is 12.8.